The molecule has 0 aromatic heterocycles. The highest BCUT2D eigenvalue weighted by atomic mass is 35.5. The first-order valence-corrected chi connectivity index (χ1v) is 8.88. The van der Waals surface area contributed by atoms with Crippen molar-refractivity contribution in [2.75, 3.05) is 18.4 Å². The Morgan fingerprint density at radius 2 is 1.85 bits per heavy atom. The number of carbonyl (C=O) groups is 1. The van der Waals surface area contributed by atoms with Gasteiger partial charge in [0.25, 0.3) is 0 Å². The Kier molecular flexibility index (Phi) is 7.06. The first kappa shape index (κ1) is 20.3. The van der Waals surface area contributed by atoms with Gasteiger partial charge in [-0.05, 0) is 62.2 Å². The monoisotopic (exact) mass is 374 g/mol. The standard InChI is InChI=1S/C21H26N2O2.ClH/c1-14-11-19(25-16(3)17-7-5-4-6-8-17)9-10-20(14)23-21(24)15(2)18-12-22-13-18;/h4-11,15-16,18,22H,12-13H2,1-3H3,(H,23,24);1H. The van der Waals surface area contributed by atoms with Crippen LogP contribution < -0.4 is 15.4 Å². The van der Waals surface area contributed by atoms with Gasteiger partial charge in [-0.25, -0.2) is 0 Å². The van der Waals surface area contributed by atoms with Gasteiger partial charge in [-0.3, -0.25) is 4.79 Å². The van der Waals surface area contributed by atoms with Crippen LogP contribution in [0.5, 0.6) is 5.75 Å². The van der Waals surface area contributed by atoms with Gasteiger partial charge in [0.1, 0.15) is 11.9 Å². The van der Waals surface area contributed by atoms with Crippen molar-refractivity contribution in [3.63, 3.8) is 0 Å². The number of aryl methyl sites for hydroxylation is 1. The lowest BCUT2D eigenvalue weighted by Gasteiger charge is -2.31. The molecule has 2 unspecified atom stereocenters. The molecule has 1 fully saturated rings. The van der Waals surface area contributed by atoms with Crippen molar-refractivity contribution in [3.05, 3.63) is 59.7 Å². The number of rotatable bonds is 6. The molecule has 0 aliphatic carbocycles. The largest absolute Gasteiger partial charge is 0.486 e. The number of benzene rings is 2. The molecule has 0 saturated carbocycles. The molecule has 2 aromatic rings. The van der Waals surface area contributed by atoms with Crippen LogP contribution in [0.15, 0.2) is 48.5 Å². The van der Waals surface area contributed by atoms with Gasteiger partial charge >= 0.3 is 0 Å². The maximum absolute atomic E-state index is 12.4. The summed E-state index contributed by atoms with van der Waals surface area (Å²) in [6.07, 6.45) is -0.0211. The predicted molar refractivity (Wildman–Crippen MR) is 108 cm³/mol. The molecule has 0 bridgehead atoms. The molecular weight excluding hydrogens is 348 g/mol. The number of carbonyl (C=O) groups excluding carboxylic acids is 1. The SMILES string of the molecule is Cc1cc(OC(C)c2ccccc2)ccc1NC(=O)C(C)C1CNC1.Cl. The highest BCUT2D eigenvalue weighted by Gasteiger charge is 2.28. The lowest BCUT2D eigenvalue weighted by atomic mass is 9.88. The summed E-state index contributed by atoms with van der Waals surface area (Å²) in [6.45, 7) is 7.88. The second-order valence-electron chi connectivity index (χ2n) is 6.84. The number of halogens is 1. The molecule has 3 rings (SSSR count). The Morgan fingerprint density at radius 3 is 2.42 bits per heavy atom. The zero-order valence-corrected chi connectivity index (χ0v) is 16.3. The fourth-order valence-electron chi connectivity index (χ4n) is 2.97. The fraction of sp³-hybridized carbons (Fsp3) is 0.381. The summed E-state index contributed by atoms with van der Waals surface area (Å²) in [5.74, 6) is 1.35. The average molecular weight is 375 g/mol. The van der Waals surface area contributed by atoms with Gasteiger partial charge in [0.2, 0.25) is 5.91 Å². The Morgan fingerprint density at radius 1 is 1.15 bits per heavy atom. The molecule has 1 aliphatic heterocycles. The second kappa shape index (κ2) is 9.06. The number of hydrogen-bond donors (Lipinski definition) is 2. The van der Waals surface area contributed by atoms with Crippen LogP contribution in [-0.2, 0) is 4.79 Å². The summed E-state index contributed by atoms with van der Waals surface area (Å²) in [5.41, 5.74) is 2.99. The topological polar surface area (TPSA) is 50.4 Å². The van der Waals surface area contributed by atoms with Crippen LogP contribution in [0, 0.1) is 18.8 Å². The highest BCUT2D eigenvalue weighted by Crippen LogP contribution is 2.27. The summed E-state index contributed by atoms with van der Waals surface area (Å²) in [7, 11) is 0. The van der Waals surface area contributed by atoms with Crippen molar-refractivity contribution in [1.29, 1.82) is 0 Å². The van der Waals surface area contributed by atoms with Crippen LogP contribution in [0.4, 0.5) is 5.69 Å². The number of amides is 1. The number of hydrogen-bond acceptors (Lipinski definition) is 3. The van der Waals surface area contributed by atoms with Gasteiger partial charge in [0, 0.05) is 11.6 Å². The van der Waals surface area contributed by atoms with E-state index >= 15 is 0 Å². The maximum Gasteiger partial charge on any atom is 0.227 e. The van der Waals surface area contributed by atoms with Gasteiger partial charge in [-0.15, -0.1) is 12.4 Å². The first-order valence-electron chi connectivity index (χ1n) is 8.88. The fourth-order valence-corrected chi connectivity index (χ4v) is 2.97. The normalized spacial score (nSPS) is 16.0. The van der Waals surface area contributed by atoms with Gasteiger partial charge in [0.05, 0.1) is 0 Å². The average Bonchev–Trinajstić information content (AvgIpc) is 2.56. The molecule has 1 aliphatic rings. The zero-order valence-electron chi connectivity index (χ0n) is 15.5. The molecular formula is C21H27ClN2O2. The number of ether oxygens (including phenoxy) is 1. The molecule has 1 amide bonds. The van der Waals surface area contributed by atoms with Crippen LogP contribution in [-0.4, -0.2) is 19.0 Å². The van der Waals surface area contributed by atoms with E-state index in [1.54, 1.807) is 0 Å². The lowest BCUT2D eigenvalue weighted by Crippen LogP contribution is -2.48. The van der Waals surface area contributed by atoms with Crippen molar-refractivity contribution < 1.29 is 9.53 Å². The molecule has 1 heterocycles. The second-order valence-corrected chi connectivity index (χ2v) is 6.84. The lowest BCUT2D eigenvalue weighted by molar-refractivity contribution is -0.121. The van der Waals surface area contributed by atoms with Crippen LogP contribution in [0.2, 0.25) is 0 Å². The van der Waals surface area contributed by atoms with Crippen LogP contribution in [0.3, 0.4) is 0 Å². The molecule has 0 radical (unpaired) electrons. The van der Waals surface area contributed by atoms with E-state index in [2.05, 4.69) is 22.8 Å². The molecule has 140 valence electrons. The Hall–Kier alpha value is -2.04. The molecule has 4 nitrogen and oxygen atoms in total. The molecule has 2 aromatic carbocycles. The molecule has 2 atom stereocenters. The number of nitrogens with one attached hydrogen (secondary N) is 2. The third-order valence-electron chi connectivity index (χ3n) is 4.97. The van der Waals surface area contributed by atoms with Crippen molar-refractivity contribution in [2.24, 2.45) is 11.8 Å². The molecule has 0 spiro atoms. The van der Waals surface area contributed by atoms with Crippen LogP contribution in [0.25, 0.3) is 0 Å². The van der Waals surface area contributed by atoms with E-state index in [1.807, 2.05) is 57.2 Å². The summed E-state index contributed by atoms with van der Waals surface area (Å²) < 4.78 is 6.03. The van der Waals surface area contributed by atoms with E-state index in [-0.39, 0.29) is 30.3 Å². The Bertz CT molecular complexity index is 732. The summed E-state index contributed by atoms with van der Waals surface area (Å²) >= 11 is 0. The van der Waals surface area contributed by atoms with E-state index < -0.39 is 0 Å². The third kappa shape index (κ3) is 4.77. The smallest absolute Gasteiger partial charge is 0.227 e. The van der Waals surface area contributed by atoms with E-state index in [1.165, 1.54) is 0 Å². The van der Waals surface area contributed by atoms with E-state index in [4.69, 9.17) is 4.74 Å². The van der Waals surface area contributed by atoms with Crippen molar-refractivity contribution in [1.82, 2.24) is 5.32 Å². The molecule has 5 heteroatoms. The highest BCUT2D eigenvalue weighted by molar-refractivity contribution is 5.93. The van der Waals surface area contributed by atoms with E-state index in [0.29, 0.717) is 5.92 Å². The first-order chi connectivity index (χ1) is 12.0. The summed E-state index contributed by atoms with van der Waals surface area (Å²) in [6, 6.07) is 16.0. The maximum atomic E-state index is 12.4. The third-order valence-corrected chi connectivity index (χ3v) is 4.97. The van der Waals surface area contributed by atoms with Crippen molar-refractivity contribution in [3.8, 4) is 5.75 Å². The summed E-state index contributed by atoms with van der Waals surface area (Å²) in [5, 5.41) is 6.26. The summed E-state index contributed by atoms with van der Waals surface area (Å²) in [4.78, 5) is 12.4. The number of anilines is 1. The Labute approximate surface area is 161 Å². The van der Waals surface area contributed by atoms with Gasteiger partial charge < -0.3 is 15.4 Å². The van der Waals surface area contributed by atoms with E-state index in [0.717, 1.165) is 35.7 Å². The van der Waals surface area contributed by atoms with Crippen LogP contribution in [0.1, 0.15) is 31.1 Å². The predicted octanol–water partition coefficient (Wildman–Crippen LogP) is 4.35. The van der Waals surface area contributed by atoms with Crippen molar-refractivity contribution >= 4 is 24.0 Å². The van der Waals surface area contributed by atoms with Gasteiger partial charge in [-0.2, -0.15) is 0 Å². The molecule has 2 N–H and O–H groups in total. The molecule has 1 saturated heterocycles. The zero-order chi connectivity index (χ0) is 17.8. The van der Waals surface area contributed by atoms with Crippen molar-refractivity contribution in [2.45, 2.75) is 26.9 Å². The Balaban J connectivity index is 0.00000243. The minimum Gasteiger partial charge on any atom is -0.486 e. The minimum absolute atomic E-state index is 0. The minimum atomic E-state index is -0.0211. The molecule has 26 heavy (non-hydrogen) atoms. The van der Waals surface area contributed by atoms with Gasteiger partial charge in [0.15, 0.2) is 0 Å². The van der Waals surface area contributed by atoms with Crippen LogP contribution >= 0.6 is 12.4 Å². The quantitative estimate of drug-likeness (QED) is 0.790. The van der Waals surface area contributed by atoms with Gasteiger partial charge in [-0.1, -0.05) is 37.3 Å². The van der Waals surface area contributed by atoms with E-state index in [9.17, 15) is 4.79 Å².